The van der Waals surface area contributed by atoms with Gasteiger partial charge in [0.2, 0.25) is 0 Å². The van der Waals surface area contributed by atoms with Crippen LogP contribution in [-0.2, 0) is 11.4 Å². The minimum Gasteiger partial charge on any atom is -0.490 e. The number of hydroxylamine groups is 1. The number of alkyl halides is 2. The molecule has 0 aliphatic rings. The fourth-order valence-corrected chi connectivity index (χ4v) is 1.36. The van der Waals surface area contributed by atoms with E-state index in [1.165, 1.54) is 6.07 Å². The molecular formula is C12H17F2NO3. The minimum atomic E-state index is -2.86. The first-order chi connectivity index (χ1) is 8.67. The molecule has 0 aliphatic carbocycles. The summed E-state index contributed by atoms with van der Waals surface area (Å²) in [4.78, 5) is 4.99. The number of hydrogen-bond acceptors (Lipinski definition) is 4. The smallest absolute Gasteiger partial charge is 0.387 e. The number of halogens is 2. The Morgan fingerprint density at radius 3 is 2.56 bits per heavy atom. The van der Waals surface area contributed by atoms with E-state index < -0.39 is 6.61 Å². The summed E-state index contributed by atoms with van der Waals surface area (Å²) in [5, 5.41) is 0. The first-order valence-electron chi connectivity index (χ1n) is 5.72. The van der Waals surface area contributed by atoms with Crippen LogP contribution in [0.25, 0.3) is 0 Å². The molecule has 0 bridgehead atoms. The van der Waals surface area contributed by atoms with Crippen LogP contribution in [0, 0.1) is 0 Å². The summed E-state index contributed by atoms with van der Waals surface area (Å²) in [5.74, 6) is 0.334. The maximum Gasteiger partial charge on any atom is 0.387 e. The first-order valence-corrected chi connectivity index (χ1v) is 5.72. The molecule has 0 radical (unpaired) electrons. The second-order valence-electron chi connectivity index (χ2n) is 3.35. The number of nitrogens with one attached hydrogen (secondary N) is 1. The molecule has 1 rings (SSSR count). The molecule has 0 atom stereocenters. The molecule has 0 amide bonds. The Bertz CT molecular complexity index is 361. The van der Waals surface area contributed by atoms with Crippen LogP contribution in [0.5, 0.6) is 11.5 Å². The van der Waals surface area contributed by atoms with E-state index in [1.54, 1.807) is 19.1 Å². The van der Waals surface area contributed by atoms with Gasteiger partial charge in [0.1, 0.15) is 0 Å². The van der Waals surface area contributed by atoms with Crippen molar-refractivity contribution >= 4 is 0 Å². The van der Waals surface area contributed by atoms with Crippen LogP contribution in [0.3, 0.4) is 0 Å². The molecule has 0 fully saturated rings. The van der Waals surface area contributed by atoms with Crippen molar-refractivity contribution in [2.75, 3.05) is 13.2 Å². The molecule has 0 saturated heterocycles. The SMILES string of the molecule is CCONCc1ccc(OC(F)F)c(OCC)c1. The zero-order valence-corrected chi connectivity index (χ0v) is 10.4. The second-order valence-corrected chi connectivity index (χ2v) is 3.35. The largest absolute Gasteiger partial charge is 0.490 e. The van der Waals surface area contributed by atoms with E-state index in [1.807, 2.05) is 6.92 Å². The Labute approximate surface area is 105 Å². The third kappa shape index (κ3) is 4.85. The van der Waals surface area contributed by atoms with Crippen LogP contribution in [0.1, 0.15) is 19.4 Å². The molecule has 18 heavy (non-hydrogen) atoms. The highest BCUT2D eigenvalue weighted by Gasteiger charge is 2.11. The van der Waals surface area contributed by atoms with Gasteiger partial charge in [-0.15, -0.1) is 0 Å². The van der Waals surface area contributed by atoms with Gasteiger partial charge in [0.05, 0.1) is 13.2 Å². The highest BCUT2D eigenvalue weighted by molar-refractivity contribution is 5.43. The zero-order valence-electron chi connectivity index (χ0n) is 10.4. The van der Waals surface area contributed by atoms with Crippen molar-refractivity contribution < 1.29 is 23.1 Å². The van der Waals surface area contributed by atoms with E-state index in [2.05, 4.69) is 10.2 Å². The van der Waals surface area contributed by atoms with Crippen LogP contribution in [0.2, 0.25) is 0 Å². The van der Waals surface area contributed by atoms with Gasteiger partial charge in [0, 0.05) is 6.54 Å². The van der Waals surface area contributed by atoms with Crippen LogP contribution >= 0.6 is 0 Å². The monoisotopic (exact) mass is 261 g/mol. The molecule has 4 nitrogen and oxygen atoms in total. The predicted molar refractivity (Wildman–Crippen MR) is 62.7 cm³/mol. The van der Waals surface area contributed by atoms with Crippen LogP contribution < -0.4 is 15.0 Å². The van der Waals surface area contributed by atoms with Crippen LogP contribution in [-0.4, -0.2) is 19.8 Å². The van der Waals surface area contributed by atoms with E-state index in [0.29, 0.717) is 25.5 Å². The van der Waals surface area contributed by atoms with Gasteiger partial charge in [-0.05, 0) is 31.5 Å². The summed E-state index contributed by atoms with van der Waals surface area (Å²) in [6.07, 6.45) is 0. The van der Waals surface area contributed by atoms with Gasteiger partial charge in [0.25, 0.3) is 0 Å². The number of hydrogen-bond donors (Lipinski definition) is 1. The van der Waals surface area contributed by atoms with Crippen molar-refractivity contribution in [1.82, 2.24) is 5.48 Å². The summed E-state index contributed by atoms with van der Waals surface area (Å²) in [6, 6.07) is 4.78. The molecule has 1 aromatic rings. The van der Waals surface area contributed by atoms with Gasteiger partial charge in [-0.2, -0.15) is 14.3 Å². The lowest BCUT2D eigenvalue weighted by molar-refractivity contribution is -0.0514. The molecule has 0 aliphatic heterocycles. The lowest BCUT2D eigenvalue weighted by Gasteiger charge is -2.13. The highest BCUT2D eigenvalue weighted by Crippen LogP contribution is 2.29. The Hall–Kier alpha value is -1.40. The molecule has 1 N–H and O–H groups in total. The van der Waals surface area contributed by atoms with Gasteiger partial charge in [0.15, 0.2) is 11.5 Å². The molecule has 102 valence electrons. The second kappa shape index (κ2) is 7.84. The molecule has 1 aromatic carbocycles. The average molecular weight is 261 g/mol. The minimum absolute atomic E-state index is 0.0343. The van der Waals surface area contributed by atoms with E-state index in [-0.39, 0.29) is 5.75 Å². The van der Waals surface area contributed by atoms with E-state index in [0.717, 1.165) is 5.56 Å². The van der Waals surface area contributed by atoms with Gasteiger partial charge in [-0.1, -0.05) is 6.07 Å². The molecule has 0 saturated carbocycles. The van der Waals surface area contributed by atoms with Gasteiger partial charge >= 0.3 is 6.61 Å². The highest BCUT2D eigenvalue weighted by atomic mass is 19.3. The Morgan fingerprint density at radius 1 is 1.17 bits per heavy atom. The molecular weight excluding hydrogens is 244 g/mol. The number of ether oxygens (including phenoxy) is 2. The van der Waals surface area contributed by atoms with Crippen molar-refractivity contribution in [2.24, 2.45) is 0 Å². The maximum absolute atomic E-state index is 12.2. The van der Waals surface area contributed by atoms with Gasteiger partial charge < -0.3 is 14.3 Å². The molecule has 0 unspecified atom stereocenters. The van der Waals surface area contributed by atoms with Crippen molar-refractivity contribution in [3.05, 3.63) is 23.8 Å². The lowest BCUT2D eigenvalue weighted by Crippen LogP contribution is -2.14. The van der Waals surface area contributed by atoms with E-state index in [4.69, 9.17) is 9.57 Å². The quantitative estimate of drug-likeness (QED) is 0.577. The molecule has 0 spiro atoms. The topological polar surface area (TPSA) is 39.7 Å². The van der Waals surface area contributed by atoms with Crippen molar-refractivity contribution in [3.8, 4) is 11.5 Å². The normalized spacial score (nSPS) is 10.7. The summed E-state index contributed by atoms with van der Waals surface area (Å²) in [6.45, 7) is 2.15. The van der Waals surface area contributed by atoms with E-state index >= 15 is 0 Å². The third-order valence-corrected chi connectivity index (χ3v) is 2.05. The summed E-state index contributed by atoms with van der Waals surface area (Å²) in [5.41, 5.74) is 3.59. The van der Waals surface area contributed by atoms with Crippen LogP contribution in [0.4, 0.5) is 8.78 Å². The fourth-order valence-electron chi connectivity index (χ4n) is 1.36. The molecule has 6 heteroatoms. The number of benzene rings is 1. The average Bonchev–Trinajstić information content (AvgIpc) is 2.32. The van der Waals surface area contributed by atoms with Crippen LogP contribution in [0.15, 0.2) is 18.2 Å². The molecule has 0 heterocycles. The lowest BCUT2D eigenvalue weighted by atomic mass is 10.2. The Balaban J connectivity index is 2.74. The summed E-state index contributed by atoms with van der Waals surface area (Å²) < 4.78 is 34.0. The standard InChI is InChI=1S/C12H17F2NO3/c1-3-16-11-7-9(8-15-17-4-2)5-6-10(11)18-12(13)14/h5-7,12,15H,3-4,8H2,1-2H3. The van der Waals surface area contributed by atoms with Crippen molar-refractivity contribution in [1.29, 1.82) is 0 Å². The Morgan fingerprint density at radius 2 is 1.94 bits per heavy atom. The van der Waals surface area contributed by atoms with Gasteiger partial charge in [-0.3, -0.25) is 0 Å². The number of rotatable bonds is 8. The van der Waals surface area contributed by atoms with Crippen molar-refractivity contribution in [2.45, 2.75) is 27.0 Å². The van der Waals surface area contributed by atoms with Crippen molar-refractivity contribution in [3.63, 3.8) is 0 Å². The summed E-state index contributed by atoms with van der Waals surface area (Å²) >= 11 is 0. The Kier molecular flexibility index (Phi) is 6.38. The maximum atomic E-state index is 12.2. The fraction of sp³-hybridized carbons (Fsp3) is 0.500. The summed E-state index contributed by atoms with van der Waals surface area (Å²) in [7, 11) is 0. The predicted octanol–water partition coefficient (Wildman–Crippen LogP) is 2.73. The zero-order chi connectivity index (χ0) is 13.4. The third-order valence-electron chi connectivity index (χ3n) is 2.05. The first kappa shape index (κ1) is 14.7. The van der Waals surface area contributed by atoms with Gasteiger partial charge in [-0.25, -0.2) is 0 Å². The van der Waals surface area contributed by atoms with E-state index in [9.17, 15) is 8.78 Å². The molecule has 0 aromatic heterocycles.